The first kappa shape index (κ1) is 19.4. The van der Waals surface area contributed by atoms with Crippen LogP contribution >= 0.6 is 0 Å². The molecule has 8 heteroatoms. The van der Waals surface area contributed by atoms with E-state index in [1.54, 1.807) is 31.2 Å². The molecule has 1 unspecified atom stereocenters. The molecule has 0 aliphatic carbocycles. The molecule has 1 amide bonds. The van der Waals surface area contributed by atoms with E-state index in [4.69, 9.17) is 10.00 Å². The number of carbonyl (C=O) groups excluding carboxylic acids is 1. The van der Waals surface area contributed by atoms with Gasteiger partial charge in [-0.25, -0.2) is 12.7 Å². The molecule has 0 saturated heterocycles. The van der Waals surface area contributed by atoms with Crippen LogP contribution in [0.25, 0.3) is 0 Å². The summed E-state index contributed by atoms with van der Waals surface area (Å²) in [6.07, 6.45) is -0.838. The number of hydrogen-bond acceptors (Lipinski definition) is 5. The smallest absolute Gasteiger partial charge is 0.265 e. The molecule has 0 aliphatic heterocycles. The number of para-hydroxylation sites is 1. The van der Waals surface area contributed by atoms with E-state index < -0.39 is 22.0 Å². The minimum absolute atomic E-state index is 0.132. The average molecular weight is 373 g/mol. The maximum Gasteiger partial charge on any atom is 0.265 e. The van der Waals surface area contributed by atoms with Crippen molar-refractivity contribution in [2.75, 3.05) is 19.4 Å². The average Bonchev–Trinajstić information content (AvgIpc) is 2.62. The van der Waals surface area contributed by atoms with Gasteiger partial charge in [0.2, 0.25) is 10.0 Å². The Morgan fingerprint density at radius 3 is 2.35 bits per heavy atom. The highest BCUT2D eigenvalue weighted by Crippen LogP contribution is 2.20. The summed E-state index contributed by atoms with van der Waals surface area (Å²) in [7, 11) is -0.626. The van der Waals surface area contributed by atoms with Crippen LogP contribution < -0.4 is 10.1 Å². The lowest BCUT2D eigenvalue weighted by atomic mass is 10.2. The fourth-order valence-corrected chi connectivity index (χ4v) is 2.97. The number of anilines is 1. The van der Waals surface area contributed by atoms with Crippen molar-refractivity contribution in [3.8, 4) is 11.8 Å². The normalized spacial score (nSPS) is 12.3. The second-order valence-corrected chi connectivity index (χ2v) is 7.82. The SMILES string of the molecule is CC(Oc1ccccc1C#N)C(=O)Nc1ccc(S(=O)(=O)N(C)C)cc1. The summed E-state index contributed by atoms with van der Waals surface area (Å²) >= 11 is 0. The van der Waals surface area contributed by atoms with Crippen LogP contribution in [-0.4, -0.2) is 38.8 Å². The van der Waals surface area contributed by atoms with Crippen LogP contribution in [0.5, 0.6) is 5.75 Å². The fraction of sp³-hybridized carbons (Fsp3) is 0.222. The van der Waals surface area contributed by atoms with Gasteiger partial charge in [-0.05, 0) is 43.3 Å². The number of ether oxygens (including phenoxy) is 1. The lowest BCUT2D eigenvalue weighted by Gasteiger charge is -2.16. The van der Waals surface area contributed by atoms with Gasteiger partial charge in [0.1, 0.15) is 11.8 Å². The Morgan fingerprint density at radius 2 is 1.77 bits per heavy atom. The van der Waals surface area contributed by atoms with Crippen molar-refractivity contribution in [3.05, 3.63) is 54.1 Å². The highest BCUT2D eigenvalue weighted by atomic mass is 32.2. The van der Waals surface area contributed by atoms with Gasteiger partial charge in [0, 0.05) is 19.8 Å². The van der Waals surface area contributed by atoms with E-state index in [0.717, 1.165) is 4.31 Å². The van der Waals surface area contributed by atoms with Gasteiger partial charge in [0.25, 0.3) is 5.91 Å². The van der Waals surface area contributed by atoms with Crippen molar-refractivity contribution in [3.63, 3.8) is 0 Å². The Kier molecular flexibility index (Phi) is 5.97. The van der Waals surface area contributed by atoms with Crippen LogP contribution in [0.1, 0.15) is 12.5 Å². The van der Waals surface area contributed by atoms with Crippen molar-refractivity contribution < 1.29 is 17.9 Å². The Bertz CT molecular complexity index is 932. The monoisotopic (exact) mass is 373 g/mol. The minimum atomic E-state index is -3.52. The molecule has 0 radical (unpaired) electrons. The Labute approximate surface area is 152 Å². The molecule has 1 atom stereocenters. The van der Waals surface area contributed by atoms with Crippen LogP contribution in [0.2, 0.25) is 0 Å². The molecule has 26 heavy (non-hydrogen) atoms. The maximum atomic E-state index is 12.3. The number of benzene rings is 2. The molecule has 0 fully saturated rings. The van der Waals surface area contributed by atoms with Gasteiger partial charge in [-0.1, -0.05) is 12.1 Å². The molecular formula is C18H19N3O4S. The lowest BCUT2D eigenvalue weighted by molar-refractivity contribution is -0.122. The van der Waals surface area contributed by atoms with Gasteiger partial charge in [0.15, 0.2) is 6.10 Å². The first-order chi connectivity index (χ1) is 12.3. The van der Waals surface area contributed by atoms with Crippen molar-refractivity contribution in [1.82, 2.24) is 4.31 Å². The largest absolute Gasteiger partial charge is 0.480 e. The molecule has 0 spiro atoms. The van der Waals surface area contributed by atoms with Gasteiger partial charge in [-0.3, -0.25) is 4.79 Å². The van der Waals surface area contributed by atoms with E-state index in [9.17, 15) is 13.2 Å². The third-order valence-electron chi connectivity index (χ3n) is 3.58. The van der Waals surface area contributed by atoms with Gasteiger partial charge in [-0.2, -0.15) is 5.26 Å². The summed E-state index contributed by atoms with van der Waals surface area (Å²) in [5, 5.41) is 11.7. The van der Waals surface area contributed by atoms with E-state index in [2.05, 4.69) is 5.32 Å². The van der Waals surface area contributed by atoms with E-state index in [-0.39, 0.29) is 4.90 Å². The van der Waals surface area contributed by atoms with Crippen LogP contribution in [-0.2, 0) is 14.8 Å². The predicted octanol–water partition coefficient (Wildman–Crippen LogP) is 2.21. The Balaban J connectivity index is 2.06. The number of amides is 1. The van der Waals surface area contributed by atoms with E-state index in [0.29, 0.717) is 17.0 Å². The Hall–Kier alpha value is -2.89. The van der Waals surface area contributed by atoms with Gasteiger partial charge in [-0.15, -0.1) is 0 Å². The third kappa shape index (κ3) is 4.39. The molecule has 0 aromatic heterocycles. The zero-order chi connectivity index (χ0) is 19.3. The summed E-state index contributed by atoms with van der Waals surface area (Å²) in [6.45, 7) is 1.56. The number of nitrogens with one attached hydrogen (secondary N) is 1. The molecule has 0 heterocycles. The topological polar surface area (TPSA) is 99.5 Å². The standard InChI is InChI=1S/C18H19N3O4S/c1-13(25-17-7-5-4-6-14(17)12-19)18(22)20-15-8-10-16(11-9-15)26(23,24)21(2)3/h4-11,13H,1-3H3,(H,20,22). The molecule has 0 saturated carbocycles. The summed E-state index contributed by atoms with van der Waals surface area (Å²) in [4.78, 5) is 12.4. The van der Waals surface area contributed by atoms with E-state index >= 15 is 0 Å². The first-order valence-electron chi connectivity index (χ1n) is 7.75. The number of nitrogens with zero attached hydrogens (tertiary/aromatic N) is 2. The predicted molar refractivity (Wildman–Crippen MR) is 97.2 cm³/mol. The van der Waals surface area contributed by atoms with Crippen molar-refractivity contribution in [2.24, 2.45) is 0 Å². The number of hydrogen-bond donors (Lipinski definition) is 1. The number of rotatable bonds is 6. The van der Waals surface area contributed by atoms with E-state index in [1.807, 2.05) is 6.07 Å². The summed E-state index contributed by atoms with van der Waals surface area (Å²) < 4.78 is 30.7. The minimum Gasteiger partial charge on any atom is -0.480 e. The molecule has 2 rings (SSSR count). The van der Waals surface area contributed by atoms with Crippen LogP contribution in [0, 0.1) is 11.3 Å². The highest BCUT2D eigenvalue weighted by molar-refractivity contribution is 7.89. The van der Waals surface area contributed by atoms with Crippen LogP contribution in [0.15, 0.2) is 53.4 Å². The number of carbonyl (C=O) groups is 1. The lowest BCUT2D eigenvalue weighted by Crippen LogP contribution is -2.30. The molecule has 136 valence electrons. The van der Waals surface area contributed by atoms with Gasteiger partial charge in [0.05, 0.1) is 10.5 Å². The van der Waals surface area contributed by atoms with E-state index in [1.165, 1.54) is 38.4 Å². The molecule has 1 N–H and O–H groups in total. The van der Waals surface area contributed by atoms with Crippen molar-refractivity contribution in [2.45, 2.75) is 17.9 Å². The molecular weight excluding hydrogens is 354 g/mol. The summed E-state index contributed by atoms with van der Waals surface area (Å²) in [5.41, 5.74) is 0.780. The molecule has 0 bridgehead atoms. The molecule has 0 aliphatic rings. The molecule has 7 nitrogen and oxygen atoms in total. The number of sulfonamides is 1. The second-order valence-electron chi connectivity index (χ2n) is 5.67. The van der Waals surface area contributed by atoms with Crippen LogP contribution in [0.3, 0.4) is 0 Å². The fourth-order valence-electron chi connectivity index (χ4n) is 2.07. The quantitative estimate of drug-likeness (QED) is 0.837. The van der Waals surface area contributed by atoms with Crippen molar-refractivity contribution in [1.29, 1.82) is 5.26 Å². The molecule has 2 aromatic rings. The van der Waals surface area contributed by atoms with Crippen LogP contribution in [0.4, 0.5) is 5.69 Å². The highest BCUT2D eigenvalue weighted by Gasteiger charge is 2.19. The maximum absolute atomic E-state index is 12.3. The first-order valence-corrected chi connectivity index (χ1v) is 9.19. The second kappa shape index (κ2) is 7.99. The Morgan fingerprint density at radius 1 is 1.15 bits per heavy atom. The summed E-state index contributed by atoms with van der Waals surface area (Å²) in [5.74, 6) is -0.0916. The summed E-state index contributed by atoms with van der Waals surface area (Å²) in [6, 6.07) is 14.5. The molecule has 2 aromatic carbocycles. The van der Waals surface area contributed by atoms with Gasteiger partial charge >= 0.3 is 0 Å². The zero-order valence-electron chi connectivity index (χ0n) is 14.6. The van der Waals surface area contributed by atoms with Gasteiger partial charge < -0.3 is 10.1 Å². The third-order valence-corrected chi connectivity index (χ3v) is 5.41. The zero-order valence-corrected chi connectivity index (χ0v) is 15.4. The van der Waals surface area contributed by atoms with Crippen molar-refractivity contribution >= 4 is 21.6 Å². The number of nitriles is 1.